The van der Waals surface area contributed by atoms with Crippen molar-refractivity contribution in [2.45, 2.75) is 51.5 Å². The summed E-state index contributed by atoms with van der Waals surface area (Å²) in [5.41, 5.74) is -0.529. The third kappa shape index (κ3) is 3.15. The zero-order valence-corrected chi connectivity index (χ0v) is 11.9. The SMILES string of the molecule is CC1(C)OB(c2ccnc(CC(F)(F)F)c2)OC1(C)C. The van der Waals surface area contributed by atoms with Crippen LogP contribution in [0.15, 0.2) is 18.3 Å². The topological polar surface area (TPSA) is 31.4 Å². The average molecular weight is 287 g/mol. The Labute approximate surface area is 116 Å². The molecular formula is C13H17BF3NO2. The second-order valence-corrected chi connectivity index (χ2v) is 5.96. The van der Waals surface area contributed by atoms with Crippen LogP contribution in [0.4, 0.5) is 13.2 Å². The van der Waals surface area contributed by atoms with Crippen LogP contribution in [0.25, 0.3) is 0 Å². The second-order valence-electron chi connectivity index (χ2n) is 5.96. The van der Waals surface area contributed by atoms with Gasteiger partial charge in [0.05, 0.1) is 17.6 Å². The van der Waals surface area contributed by atoms with Crippen LogP contribution in [0.1, 0.15) is 33.4 Å². The van der Waals surface area contributed by atoms with Crippen LogP contribution in [0, 0.1) is 0 Å². The van der Waals surface area contributed by atoms with E-state index in [1.807, 2.05) is 27.7 Å². The summed E-state index contributed by atoms with van der Waals surface area (Å²) in [4.78, 5) is 3.74. The van der Waals surface area contributed by atoms with Crippen LogP contribution in [0.5, 0.6) is 0 Å². The van der Waals surface area contributed by atoms with Gasteiger partial charge in [-0.15, -0.1) is 0 Å². The molecule has 2 heterocycles. The molecule has 7 heteroatoms. The molecule has 0 atom stereocenters. The minimum Gasteiger partial charge on any atom is -0.399 e. The maximum absolute atomic E-state index is 12.4. The fourth-order valence-corrected chi connectivity index (χ4v) is 1.92. The normalized spacial score (nSPS) is 21.2. The summed E-state index contributed by atoms with van der Waals surface area (Å²) in [7, 11) is -0.671. The molecule has 0 unspecified atom stereocenters. The van der Waals surface area contributed by atoms with Crippen molar-refractivity contribution in [1.82, 2.24) is 4.98 Å². The second kappa shape index (κ2) is 4.74. The molecule has 1 aliphatic heterocycles. The minimum atomic E-state index is -4.28. The van der Waals surface area contributed by atoms with Crippen LogP contribution in [-0.2, 0) is 15.7 Å². The van der Waals surface area contributed by atoms with Crippen molar-refractivity contribution in [1.29, 1.82) is 0 Å². The van der Waals surface area contributed by atoms with Gasteiger partial charge in [-0.25, -0.2) is 0 Å². The highest BCUT2D eigenvalue weighted by Crippen LogP contribution is 2.36. The summed E-state index contributed by atoms with van der Waals surface area (Å²) in [6.07, 6.45) is -3.98. The third-order valence-corrected chi connectivity index (χ3v) is 3.75. The number of hydrogen-bond donors (Lipinski definition) is 0. The molecular weight excluding hydrogens is 270 g/mol. The molecule has 1 aromatic heterocycles. The van der Waals surface area contributed by atoms with Crippen molar-refractivity contribution in [2.75, 3.05) is 0 Å². The lowest BCUT2D eigenvalue weighted by Gasteiger charge is -2.32. The molecule has 1 saturated heterocycles. The molecule has 20 heavy (non-hydrogen) atoms. The predicted octanol–water partition coefficient (Wildman–Crippen LogP) is 2.49. The maximum atomic E-state index is 12.4. The monoisotopic (exact) mass is 287 g/mol. The Kier molecular flexibility index (Phi) is 3.63. The van der Waals surface area contributed by atoms with Gasteiger partial charge in [-0.1, -0.05) is 0 Å². The molecule has 0 amide bonds. The Balaban J connectivity index is 2.21. The van der Waals surface area contributed by atoms with Crippen LogP contribution in [0.3, 0.4) is 0 Å². The van der Waals surface area contributed by atoms with Gasteiger partial charge in [0.2, 0.25) is 0 Å². The van der Waals surface area contributed by atoms with Gasteiger partial charge in [0, 0.05) is 11.9 Å². The molecule has 1 fully saturated rings. The quantitative estimate of drug-likeness (QED) is 0.783. The zero-order chi connectivity index (χ0) is 15.2. The van der Waals surface area contributed by atoms with Gasteiger partial charge in [0.1, 0.15) is 0 Å². The van der Waals surface area contributed by atoms with Gasteiger partial charge in [0.25, 0.3) is 0 Å². The van der Waals surface area contributed by atoms with Crippen LogP contribution in [-0.4, -0.2) is 29.5 Å². The number of rotatable bonds is 2. The molecule has 0 aromatic carbocycles. The summed E-state index contributed by atoms with van der Waals surface area (Å²) >= 11 is 0. The van der Waals surface area contributed by atoms with E-state index in [-0.39, 0.29) is 5.69 Å². The van der Waals surface area contributed by atoms with E-state index in [0.717, 1.165) is 0 Å². The highest BCUT2D eigenvalue weighted by atomic mass is 19.4. The lowest BCUT2D eigenvalue weighted by Crippen LogP contribution is -2.41. The highest BCUT2D eigenvalue weighted by Gasteiger charge is 2.51. The van der Waals surface area contributed by atoms with Crippen molar-refractivity contribution in [3.63, 3.8) is 0 Å². The summed E-state index contributed by atoms with van der Waals surface area (Å²) < 4.78 is 48.8. The Hall–Kier alpha value is -1.08. The van der Waals surface area contributed by atoms with E-state index in [1.165, 1.54) is 12.3 Å². The molecule has 1 aromatic rings. The van der Waals surface area contributed by atoms with E-state index in [2.05, 4.69) is 4.98 Å². The first kappa shape index (κ1) is 15.3. The standard InChI is InChI=1S/C13H17BF3NO2/c1-11(2)12(3,4)20-14(19-11)9-5-6-18-10(7-9)8-13(15,16)17/h5-7H,8H2,1-4H3. The Bertz CT molecular complexity index is 487. The van der Waals surface area contributed by atoms with E-state index < -0.39 is 30.9 Å². The lowest BCUT2D eigenvalue weighted by atomic mass is 9.79. The average Bonchev–Trinajstić information content (AvgIpc) is 2.46. The van der Waals surface area contributed by atoms with Crippen molar-refractivity contribution in [2.24, 2.45) is 0 Å². The van der Waals surface area contributed by atoms with E-state index in [0.29, 0.717) is 5.46 Å². The smallest absolute Gasteiger partial charge is 0.399 e. The van der Waals surface area contributed by atoms with Gasteiger partial charge >= 0.3 is 13.3 Å². The molecule has 1 aliphatic rings. The summed E-state index contributed by atoms with van der Waals surface area (Å²) in [6.45, 7) is 7.57. The maximum Gasteiger partial charge on any atom is 0.494 e. The Morgan fingerprint density at radius 1 is 1.15 bits per heavy atom. The molecule has 0 spiro atoms. The van der Waals surface area contributed by atoms with Crippen molar-refractivity contribution in [3.8, 4) is 0 Å². The van der Waals surface area contributed by atoms with Gasteiger partial charge < -0.3 is 9.31 Å². The number of alkyl halides is 3. The minimum absolute atomic E-state index is 0.0373. The van der Waals surface area contributed by atoms with E-state index >= 15 is 0 Å². The number of hydrogen-bond acceptors (Lipinski definition) is 3. The summed E-state index contributed by atoms with van der Waals surface area (Å²) in [5, 5.41) is 0. The highest BCUT2D eigenvalue weighted by molar-refractivity contribution is 6.62. The lowest BCUT2D eigenvalue weighted by molar-refractivity contribution is -0.127. The van der Waals surface area contributed by atoms with Gasteiger partial charge in [-0.05, 0) is 45.3 Å². The molecule has 0 bridgehead atoms. The Morgan fingerprint density at radius 3 is 2.20 bits per heavy atom. The van der Waals surface area contributed by atoms with Crippen molar-refractivity contribution in [3.05, 3.63) is 24.0 Å². The number of aromatic nitrogens is 1. The van der Waals surface area contributed by atoms with Crippen LogP contribution in [0.2, 0.25) is 0 Å². The summed E-state index contributed by atoms with van der Waals surface area (Å²) in [5.74, 6) is 0. The molecule has 3 nitrogen and oxygen atoms in total. The first-order valence-corrected chi connectivity index (χ1v) is 6.37. The number of halogens is 3. The van der Waals surface area contributed by atoms with E-state index in [4.69, 9.17) is 9.31 Å². The van der Waals surface area contributed by atoms with E-state index in [1.54, 1.807) is 6.07 Å². The molecule has 2 rings (SSSR count). The van der Waals surface area contributed by atoms with Gasteiger partial charge in [-0.2, -0.15) is 13.2 Å². The fraction of sp³-hybridized carbons (Fsp3) is 0.615. The fourth-order valence-electron chi connectivity index (χ4n) is 1.92. The van der Waals surface area contributed by atoms with Crippen molar-refractivity contribution >= 4 is 12.6 Å². The first-order chi connectivity index (χ1) is 9.00. The molecule has 110 valence electrons. The van der Waals surface area contributed by atoms with Gasteiger partial charge in [-0.3, -0.25) is 4.98 Å². The molecule has 0 N–H and O–H groups in total. The molecule has 0 aliphatic carbocycles. The third-order valence-electron chi connectivity index (χ3n) is 3.75. The Morgan fingerprint density at radius 2 is 1.70 bits per heavy atom. The largest absolute Gasteiger partial charge is 0.494 e. The van der Waals surface area contributed by atoms with Crippen LogP contribution < -0.4 is 5.46 Å². The molecule has 0 radical (unpaired) electrons. The van der Waals surface area contributed by atoms with Gasteiger partial charge in [0.15, 0.2) is 0 Å². The first-order valence-electron chi connectivity index (χ1n) is 6.37. The molecule has 0 saturated carbocycles. The van der Waals surface area contributed by atoms with Crippen molar-refractivity contribution < 1.29 is 22.5 Å². The number of pyridine rings is 1. The number of nitrogens with zero attached hydrogens (tertiary/aromatic N) is 1. The predicted molar refractivity (Wildman–Crippen MR) is 69.7 cm³/mol. The summed E-state index contributed by atoms with van der Waals surface area (Å²) in [6, 6.07) is 3.00. The zero-order valence-electron chi connectivity index (χ0n) is 11.9. The van der Waals surface area contributed by atoms with E-state index in [9.17, 15) is 13.2 Å². The van der Waals surface area contributed by atoms with Crippen LogP contribution >= 0.6 is 0 Å².